The third kappa shape index (κ3) is 5.17. The number of rotatable bonds is 8. The summed E-state index contributed by atoms with van der Waals surface area (Å²) in [4.78, 5) is 22.5. The summed E-state index contributed by atoms with van der Waals surface area (Å²) < 4.78 is 1.53. The van der Waals surface area contributed by atoms with Crippen LogP contribution in [0.1, 0.15) is 12.8 Å². The maximum absolute atomic E-state index is 11.6. The first kappa shape index (κ1) is 14.5. The van der Waals surface area contributed by atoms with Gasteiger partial charge in [-0.05, 0) is 18.4 Å². The molecule has 0 aliphatic heterocycles. The lowest BCUT2D eigenvalue weighted by molar-refractivity contribution is -0.141. The van der Waals surface area contributed by atoms with Crippen LogP contribution in [-0.2, 0) is 16.1 Å². The van der Waals surface area contributed by atoms with Crippen molar-refractivity contribution >= 4 is 23.6 Å². The first-order valence-electron chi connectivity index (χ1n) is 5.48. The maximum atomic E-state index is 11.6. The third-order valence-electron chi connectivity index (χ3n) is 2.28. The van der Waals surface area contributed by atoms with E-state index in [1.54, 1.807) is 18.0 Å². The van der Waals surface area contributed by atoms with E-state index in [-0.39, 0.29) is 12.3 Å². The first-order chi connectivity index (χ1) is 8.63. The van der Waals surface area contributed by atoms with Crippen LogP contribution in [0.5, 0.6) is 0 Å². The van der Waals surface area contributed by atoms with Crippen LogP contribution in [0.25, 0.3) is 0 Å². The smallest absolute Gasteiger partial charge is 0.326 e. The topological polar surface area (TPSA) is 97.1 Å². The number of thioether (sulfide) groups is 1. The second-order valence-electron chi connectivity index (χ2n) is 3.66. The highest BCUT2D eigenvalue weighted by Gasteiger charge is 2.18. The first-order valence-corrected chi connectivity index (χ1v) is 6.88. The normalized spacial score (nSPS) is 12.1. The van der Waals surface area contributed by atoms with E-state index in [9.17, 15) is 9.59 Å². The molecule has 1 amide bonds. The maximum Gasteiger partial charge on any atom is 0.326 e. The Kier molecular flexibility index (Phi) is 6.20. The molecular weight excluding hydrogens is 256 g/mol. The predicted molar refractivity (Wildman–Crippen MR) is 67.2 cm³/mol. The third-order valence-corrected chi connectivity index (χ3v) is 2.93. The summed E-state index contributed by atoms with van der Waals surface area (Å²) in [6.07, 6.45) is 5.68. The van der Waals surface area contributed by atoms with Gasteiger partial charge in [0.1, 0.15) is 6.04 Å². The van der Waals surface area contributed by atoms with E-state index in [4.69, 9.17) is 5.11 Å². The lowest BCUT2D eigenvalue weighted by atomic mass is 10.2. The van der Waals surface area contributed by atoms with Crippen molar-refractivity contribution in [2.75, 3.05) is 12.0 Å². The molecule has 0 fully saturated rings. The largest absolute Gasteiger partial charge is 0.480 e. The molecule has 0 aromatic carbocycles. The van der Waals surface area contributed by atoms with Gasteiger partial charge in [-0.25, -0.2) is 4.79 Å². The number of carboxylic acid groups (broad SMARTS) is 1. The van der Waals surface area contributed by atoms with E-state index in [2.05, 4.69) is 15.6 Å². The van der Waals surface area contributed by atoms with Gasteiger partial charge in [0.05, 0.1) is 12.7 Å². The Balaban J connectivity index is 2.34. The average molecular weight is 272 g/mol. The van der Waals surface area contributed by atoms with Crippen LogP contribution in [0.3, 0.4) is 0 Å². The molecule has 1 rings (SSSR count). The molecule has 1 heterocycles. The van der Waals surface area contributed by atoms with E-state index in [0.29, 0.717) is 18.7 Å². The molecule has 18 heavy (non-hydrogen) atoms. The second-order valence-corrected chi connectivity index (χ2v) is 4.64. The molecule has 7 nitrogen and oxygen atoms in total. The van der Waals surface area contributed by atoms with E-state index < -0.39 is 12.0 Å². The highest BCUT2D eigenvalue weighted by molar-refractivity contribution is 7.98. The number of hydrogen-bond donors (Lipinski definition) is 2. The van der Waals surface area contributed by atoms with Crippen LogP contribution in [0.15, 0.2) is 12.4 Å². The Morgan fingerprint density at radius 2 is 2.33 bits per heavy atom. The van der Waals surface area contributed by atoms with Crippen LogP contribution in [0.4, 0.5) is 0 Å². The van der Waals surface area contributed by atoms with Gasteiger partial charge in [-0.3, -0.25) is 9.48 Å². The predicted octanol–water partition coefficient (Wildman–Crippen LogP) is -0.00930. The minimum Gasteiger partial charge on any atom is -0.480 e. The molecule has 0 unspecified atom stereocenters. The van der Waals surface area contributed by atoms with Crippen LogP contribution < -0.4 is 5.32 Å². The Morgan fingerprint density at radius 3 is 2.89 bits per heavy atom. The van der Waals surface area contributed by atoms with Crippen molar-refractivity contribution in [2.45, 2.75) is 25.4 Å². The number of amides is 1. The molecule has 0 bridgehead atoms. The van der Waals surface area contributed by atoms with Gasteiger partial charge >= 0.3 is 5.97 Å². The Labute approximate surface area is 109 Å². The molecule has 1 aromatic heterocycles. The molecule has 1 atom stereocenters. The van der Waals surface area contributed by atoms with Gasteiger partial charge < -0.3 is 10.4 Å². The zero-order valence-corrected chi connectivity index (χ0v) is 10.9. The number of nitrogens with zero attached hydrogens (tertiary/aromatic N) is 3. The van der Waals surface area contributed by atoms with Gasteiger partial charge in [-0.2, -0.15) is 11.8 Å². The van der Waals surface area contributed by atoms with Gasteiger partial charge in [0.2, 0.25) is 5.91 Å². The molecule has 8 heteroatoms. The van der Waals surface area contributed by atoms with Crippen molar-refractivity contribution < 1.29 is 14.7 Å². The fourth-order valence-corrected chi connectivity index (χ4v) is 1.80. The number of aliphatic carboxylic acids is 1. The van der Waals surface area contributed by atoms with Crippen LogP contribution in [0, 0.1) is 0 Å². The molecule has 1 aromatic rings. The number of aromatic nitrogens is 3. The van der Waals surface area contributed by atoms with Gasteiger partial charge in [-0.1, -0.05) is 5.21 Å². The van der Waals surface area contributed by atoms with Crippen molar-refractivity contribution in [1.29, 1.82) is 0 Å². The minimum absolute atomic E-state index is 0.187. The number of carbonyl (C=O) groups is 2. The fraction of sp³-hybridized carbons (Fsp3) is 0.600. The lowest BCUT2D eigenvalue weighted by Gasteiger charge is -2.13. The van der Waals surface area contributed by atoms with Gasteiger partial charge in [-0.15, -0.1) is 5.10 Å². The zero-order chi connectivity index (χ0) is 13.4. The lowest BCUT2D eigenvalue weighted by Crippen LogP contribution is -2.41. The van der Waals surface area contributed by atoms with Crippen molar-refractivity contribution in [3.8, 4) is 0 Å². The Bertz CT molecular complexity index is 382. The molecule has 0 saturated heterocycles. The van der Waals surface area contributed by atoms with Crippen LogP contribution in [-0.4, -0.2) is 50.0 Å². The molecular formula is C10H16N4O3S. The molecule has 0 aliphatic rings. The summed E-state index contributed by atoms with van der Waals surface area (Å²) in [6, 6.07) is -0.819. The molecule has 0 spiro atoms. The summed E-state index contributed by atoms with van der Waals surface area (Å²) in [7, 11) is 0. The quantitative estimate of drug-likeness (QED) is 0.691. The molecule has 0 radical (unpaired) electrons. The van der Waals surface area contributed by atoms with E-state index in [1.165, 1.54) is 10.9 Å². The number of aryl methyl sites for hydroxylation is 1. The zero-order valence-electron chi connectivity index (χ0n) is 10.1. The van der Waals surface area contributed by atoms with E-state index in [1.807, 2.05) is 6.26 Å². The van der Waals surface area contributed by atoms with Crippen LogP contribution in [0.2, 0.25) is 0 Å². The second kappa shape index (κ2) is 7.70. The summed E-state index contributed by atoms with van der Waals surface area (Å²) in [5, 5.41) is 18.8. The number of hydrogen-bond acceptors (Lipinski definition) is 5. The summed E-state index contributed by atoms with van der Waals surface area (Å²) in [5.74, 6) is -0.600. The van der Waals surface area contributed by atoms with Gasteiger partial charge in [0, 0.05) is 12.6 Å². The number of carboxylic acids is 1. The number of carbonyl (C=O) groups excluding carboxylic acids is 1. The van der Waals surface area contributed by atoms with Crippen molar-refractivity contribution in [1.82, 2.24) is 20.3 Å². The van der Waals surface area contributed by atoms with Gasteiger partial charge in [0.15, 0.2) is 0 Å². The summed E-state index contributed by atoms with van der Waals surface area (Å²) in [6.45, 7) is 0.390. The van der Waals surface area contributed by atoms with Crippen LogP contribution >= 0.6 is 11.8 Å². The minimum atomic E-state index is -1.00. The highest BCUT2D eigenvalue weighted by Crippen LogP contribution is 2.01. The monoisotopic (exact) mass is 272 g/mol. The molecule has 2 N–H and O–H groups in total. The molecule has 0 saturated carbocycles. The van der Waals surface area contributed by atoms with Crippen molar-refractivity contribution in [3.05, 3.63) is 12.4 Å². The standard InChI is InChI=1S/C10H16N4O3S/c1-18-7-3-8(10(16)17)12-9(15)2-5-14-6-4-11-13-14/h4,6,8H,2-3,5,7H2,1H3,(H,12,15)(H,16,17)/t8-/m1/s1. The summed E-state index contributed by atoms with van der Waals surface area (Å²) >= 11 is 1.55. The highest BCUT2D eigenvalue weighted by atomic mass is 32.2. The van der Waals surface area contributed by atoms with Crippen molar-refractivity contribution in [3.63, 3.8) is 0 Å². The Hall–Kier alpha value is -1.57. The fourth-order valence-electron chi connectivity index (χ4n) is 1.33. The SMILES string of the molecule is CSCC[C@@H](NC(=O)CCn1ccnn1)C(=O)O. The number of nitrogens with one attached hydrogen (secondary N) is 1. The summed E-state index contributed by atoms with van der Waals surface area (Å²) in [5.41, 5.74) is 0. The van der Waals surface area contributed by atoms with E-state index in [0.717, 1.165) is 0 Å². The Morgan fingerprint density at radius 1 is 1.56 bits per heavy atom. The molecule has 0 aliphatic carbocycles. The van der Waals surface area contributed by atoms with E-state index >= 15 is 0 Å². The average Bonchev–Trinajstić information content (AvgIpc) is 2.84. The van der Waals surface area contributed by atoms with Crippen molar-refractivity contribution in [2.24, 2.45) is 0 Å². The molecule has 100 valence electrons. The van der Waals surface area contributed by atoms with Gasteiger partial charge in [0.25, 0.3) is 0 Å².